The highest BCUT2D eigenvalue weighted by Gasteiger charge is 2.21. The van der Waals surface area contributed by atoms with E-state index in [4.69, 9.17) is 0 Å². The molecule has 0 saturated carbocycles. The fourth-order valence-electron chi connectivity index (χ4n) is 2.56. The molecule has 1 aromatic rings. The lowest BCUT2D eigenvalue weighted by Crippen LogP contribution is -2.44. The van der Waals surface area contributed by atoms with Crippen LogP contribution < -0.4 is 16.0 Å². The van der Waals surface area contributed by atoms with Crippen LogP contribution in [0.1, 0.15) is 25.3 Å². The molecule has 1 aliphatic rings. The second-order valence-corrected chi connectivity index (χ2v) is 5.34. The van der Waals surface area contributed by atoms with E-state index in [0.29, 0.717) is 5.92 Å². The number of piperidine rings is 1. The summed E-state index contributed by atoms with van der Waals surface area (Å²) in [4.78, 5) is 11.9. The van der Waals surface area contributed by atoms with Crippen LogP contribution in [-0.4, -0.2) is 25.2 Å². The van der Waals surface area contributed by atoms with E-state index in [9.17, 15) is 4.79 Å². The first-order chi connectivity index (χ1) is 9.15. The van der Waals surface area contributed by atoms with E-state index in [1.807, 2.05) is 31.2 Å². The summed E-state index contributed by atoms with van der Waals surface area (Å²) in [6.45, 7) is 6.21. The van der Waals surface area contributed by atoms with Crippen LogP contribution in [0.15, 0.2) is 24.3 Å². The summed E-state index contributed by atoms with van der Waals surface area (Å²) in [5.41, 5.74) is 1.99. The Balaban J connectivity index is 1.83. The third-order valence-corrected chi connectivity index (χ3v) is 3.73. The Kier molecular flexibility index (Phi) is 4.80. The third-order valence-electron chi connectivity index (χ3n) is 3.73. The van der Waals surface area contributed by atoms with Crippen molar-refractivity contribution in [1.82, 2.24) is 10.6 Å². The van der Waals surface area contributed by atoms with Crippen LogP contribution in [0.5, 0.6) is 0 Å². The second kappa shape index (κ2) is 6.57. The molecule has 1 saturated heterocycles. The summed E-state index contributed by atoms with van der Waals surface area (Å²) in [5.74, 6) is 0.574. The zero-order chi connectivity index (χ0) is 13.7. The molecule has 3 N–H and O–H groups in total. The minimum Gasteiger partial charge on any atom is -0.335 e. The van der Waals surface area contributed by atoms with Crippen molar-refractivity contribution < 1.29 is 4.79 Å². The van der Waals surface area contributed by atoms with Crippen LogP contribution in [0.4, 0.5) is 10.5 Å². The van der Waals surface area contributed by atoms with E-state index in [1.165, 1.54) is 0 Å². The first-order valence-corrected chi connectivity index (χ1v) is 7.00. The van der Waals surface area contributed by atoms with Crippen LogP contribution >= 0.6 is 0 Å². The summed E-state index contributed by atoms with van der Waals surface area (Å²) in [6, 6.07) is 7.93. The van der Waals surface area contributed by atoms with Gasteiger partial charge >= 0.3 is 6.03 Å². The number of amides is 2. The zero-order valence-electron chi connectivity index (χ0n) is 11.7. The van der Waals surface area contributed by atoms with Gasteiger partial charge in [0, 0.05) is 11.7 Å². The SMILES string of the molecule is Cc1cccc(NC(=O)NC(C)C2CCNCC2)c1. The van der Waals surface area contributed by atoms with E-state index in [1.54, 1.807) is 0 Å². The van der Waals surface area contributed by atoms with Crippen LogP contribution in [-0.2, 0) is 0 Å². The maximum absolute atomic E-state index is 11.9. The summed E-state index contributed by atoms with van der Waals surface area (Å²) in [5, 5.41) is 9.27. The van der Waals surface area contributed by atoms with Crippen molar-refractivity contribution in [3.63, 3.8) is 0 Å². The summed E-state index contributed by atoms with van der Waals surface area (Å²) in [7, 11) is 0. The number of anilines is 1. The number of carbonyl (C=O) groups excluding carboxylic acids is 1. The van der Waals surface area contributed by atoms with Gasteiger partial charge in [-0.1, -0.05) is 12.1 Å². The number of hydrogen-bond donors (Lipinski definition) is 3. The van der Waals surface area contributed by atoms with Gasteiger partial charge in [-0.25, -0.2) is 4.79 Å². The van der Waals surface area contributed by atoms with Crippen LogP contribution in [0.3, 0.4) is 0 Å². The van der Waals surface area contributed by atoms with Gasteiger partial charge < -0.3 is 16.0 Å². The lowest BCUT2D eigenvalue weighted by Gasteiger charge is -2.28. The predicted octanol–water partition coefficient (Wildman–Crippen LogP) is 2.50. The number of urea groups is 1. The molecule has 0 aromatic heterocycles. The third kappa shape index (κ3) is 4.24. The van der Waals surface area contributed by atoms with Crippen molar-refractivity contribution in [3.8, 4) is 0 Å². The molecular formula is C15H23N3O. The predicted molar refractivity (Wildman–Crippen MR) is 78.4 cm³/mol. The first kappa shape index (κ1) is 13.9. The fraction of sp³-hybridized carbons (Fsp3) is 0.533. The molecule has 4 nitrogen and oxygen atoms in total. The number of rotatable bonds is 3. The molecular weight excluding hydrogens is 238 g/mol. The van der Waals surface area contributed by atoms with E-state index < -0.39 is 0 Å². The highest BCUT2D eigenvalue weighted by atomic mass is 16.2. The van der Waals surface area contributed by atoms with E-state index in [-0.39, 0.29) is 12.1 Å². The van der Waals surface area contributed by atoms with Crippen molar-refractivity contribution in [2.45, 2.75) is 32.7 Å². The Labute approximate surface area is 115 Å². The largest absolute Gasteiger partial charge is 0.335 e. The van der Waals surface area contributed by atoms with E-state index in [0.717, 1.165) is 37.2 Å². The van der Waals surface area contributed by atoms with Crippen LogP contribution in [0, 0.1) is 12.8 Å². The van der Waals surface area contributed by atoms with Gasteiger partial charge in [-0.15, -0.1) is 0 Å². The van der Waals surface area contributed by atoms with Crippen molar-refractivity contribution in [2.75, 3.05) is 18.4 Å². The van der Waals surface area contributed by atoms with Gasteiger partial charge in [-0.3, -0.25) is 0 Å². The summed E-state index contributed by atoms with van der Waals surface area (Å²) >= 11 is 0. The normalized spacial score (nSPS) is 17.8. The molecule has 0 radical (unpaired) electrons. The van der Waals surface area contributed by atoms with Gasteiger partial charge in [0.05, 0.1) is 0 Å². The molecule has 1 fully saturated rings. The molecule has 1 unspecified atom stereocenters. The van der Waals surface area contributed by atoms with Crippen LogP contribution in [0.2, 0.25) is 0 Å². The molecule has 1 aliphatic heterocycles. The van der Waals surface area contributed by atoms with Crippen molar-refractivity contribution in [1.29, 1.82) is 0 Å². The molecule has 19 heavy (non-hydrogen) atoms. The lowest BCUT2D eigenvalue weighted by atomic mass is 9.91. The maximum atomic E-state index is 11.9. The van der Waals surface area contributed by atoms with E-state index >= 15 is 0 Å². The van der Waals surface area contributed by atoms with E-state index in [2.05, 4.69) is 22.9 Å². The molecule has 4 heteroatoms. The van der Waals surface area contributed by atoms with Crippen molar-refractivity contribution >= 4 is 11.7 Å². The Morgan fingerprint density at radius 2 is 2.11 bits per heavy atom. The Bertz CT molecular complexity index is 427. The Morgan fingerprint density at radius 1 is 1.37 bits per heavy atom. The minimum absolute atomic E-state index is 0.114. The maximum Gasteiger partial charge on any atom is 0.319 e. The zero-order valence-corrected chi connectivity index (χ0v) is 11.7. The monoisotopic (exact) mass is 261 g/mol. The van der Waals surface area contributed by atoms with Crippen LogP contribution in [0.25, 0.3) is 0 Å². The average Bonchev–Trinajstić information content (AvgIpc) is 2.39. The topological polar surface area (TPSA) is 53.2 Å². The van der Waals surface area contributed by atoms with Crippen molar-refractivity contribution in [2.24, 2.45) is 5.92 Å². The van der Waals surface area contributed by atoms with Gasteiger partial charge in [-0.05, 0) is 63.4 Å². The number of carbonyl (C=O) groups is 1. The highest BCUT2D eigenvalue weighted by molar-refractivity contribution is 5.89. The molecule has 0 aliphatic carbocycles. The highest BCUT2D eigenvalue weighted by Crippen LogP contribution is 2.16. The van der Waals surface area contributed by atoms with Gasteiger partial charge in [0.15, 0.2) is 0 Å². The molecule has 104 valence electrons. The number of aryl methyl sites for hydroxylation is 1. The number of benzene rings is 1. The molecule has 1 atom stereocenters. The summed E-state index contributed by atoms with van der Waals surface area (Å²) < 4.78 is 0. The summed E-state index contributed by atoms with van der Waals surface area (Å²) in [6.07, 6.45) is 2.26. The molecule has 2 amide bonds. The standard InChI is InChI=1S/C15H23N3O/c1-11-4-3-5-14(10-11)18-15(19)17-12(2)13-6-8-16-9-7-13/h3-5,10,12-13,16H,6-9H2,1-2H3,(H2,17,18,19). The van der Waals surface area contributed by atoms with Gasteiger partial charge in [0.2, 0.25) is 0 Å². The van der Waals surface area contributed by atoms with Gasteiger partial charge in [-0.2, -0.15) is 0 Å². The molecule has 0 spiro atoms. The van der Waals surface area contributed by atoms with Gasteiger partial charge in [0.25, 0.3) is 0 Å². The Hall–Kier alpha value is -1.55. The molecule has 1 heterocycles. The first-order valence-electron chi connectivity index (χ1n) is 7.00. The molecule has 2 rings (SSSR count). The number of hydrogen-bond acceptors (Lipinski definition) is 2. The quantitative estimate of drug-likeness (QED) is 0.783. The second-order valence-electron chi connectivity index (χ2n) is 5.34. The Morgan fingerprint density at radius 3 is 2.79 bits per heavy atom. The average molecular weight is 261 g/mol. The fourth-order valence-corrected chi connectivity index (χ4v) is 2.56. The smallest absolute Gasteiger partial charge is 0.319 e. The minimum atomic E-state index is -0.114. The lowest BCUT2D eigenvalue weighted by molar-refractivity contribution is 0.237. The van der Waals surface area contributed by atoms with Crippen molar-refractivity contribution in [3.05, 3.63) is 29.8 Å². The molecule has 1 aromatic carbocycles. The molecule has 0 bridgehead atoms. The van der Waals surface area contributed by atoms with Gasteiger partial charge in [0.1, 0.15) is 0 Å². The number of nitrogens with one attached hydrogen (secondary N) is 3.